The Morgan fingerprint density at radius 2 is 2.03 bits per heavy atom. The standard InChI is InChI=1S/C19H18N4O5S/c1-11(18-21-15-5-3-4-6-16(15)29-18)22(2)17(24)10-28-19(25)13-8-7-12(23(26)27)9-14(13)20/h3-9,11H,10,20H2,1-2H3/t11-/m1/s1. The van der Waals surface area contributed by atoms with Crippen molar-refractivity contribution in [2.24, 2.45) is 0 Å². The van der Waals surface area contributed by atoms with Crippen molar-refractivity contribution in [3.8, 4) is 0 Å². The van der Waals surface area contributed by atoms with Crippen molar-refractivity contribution < 1.29 is 19.2 Å². The monoisotopic (exact) mass is 414 g/mol. The van der Waals surface area contributed by atoms with Crippen molar-refractivity contribution in [2.75, 3.05) is 19.4 Å². The van der Waals surface area contributed by atoms with E-state index >= 15 is 0 Å². The van der Waals surface area contributed by atoms with Gasteiger partial charge in [-0.15, -0.1) is 11.3 Å². The van der Waals surface area contributed by atoms with Crippen molar-refractivity contribution in [3.05, 3.63) is 63.1 Å². The Kier molecular flexibility index (Phi) is 5.74. The quantitative estimate of drug-likeness (QED) is 0.284. The van der Waals surface area contributed by atoms with Crippen LogP contribution in [0.5, 0.6) is 0 Å². The summed E-state index contributed by atoms with van der Waals surface area (Å²) in [6.45, 7) is 1.35. The Labute approximate surface area is 169 Å². The number of esters is 1. The highest BCUT2D eigenvalue weighted by molar-refractivity contribution is 7.18. The maximum Gasteiger partial charge on any atom is 0.340 e. The summed E-state index contributed by atoms with van der Waals surface area (Å²) in [6.07, 6.45) is 0. The molecule has 0 fully saturated rings. The average molecular weight is 414 g/mol. The molecule has 3 rings (SSSR count). The number of hydrogen-bond donors (Lipinski definition) is 1. The van der Waals surface area contributed by atoms with E-state index in [2.05, 4.69) is 4.98 Å². The van der Waals surface area contributed by atoms with Gasteiger partial charge in [0.05, 0.1) is 32.4 Å². The van der Waals surface area contributed by atoms with Crippen LogP contribution in [0.2, 0.25) is 0 Å². The first-order chi connectivity index (χ1) is 13.8. The fourth-order valence-electron chi connectivity index (χ4n) is 2.61. The minimum absolute atomic E-state index is 0.0368. The lowest BCUT2D eigenvalue weighted by molar-refractivity contribution is -0.384. The van der Waals surface area contributed by atoms with Gasteiger partial charge in [0, 0.05) is 19.2 Å². The predicted octanol–water partition coefficient (Wildman–Crippen LogP) is 3.16. The maximum absolute atomic E-state index is 12.4. The van der Waals surface area contributed by atoms with E-state index in [0.717, 1.165) is 27.4 Å². The second-order valence-electron chi connectivity index (χ2n) is 6.31. The first kappa shape index (κ1) is 20.2. The van der Waals surface area contributed by atoms with Crippen LogP contribution >= 0.6 is 11.3 Å². The van der Waals surface area contributed by atoms with Crippen LogP contribution < -0.4 is 5.73 Å². The van der Waals surface area contributed by atoms with E-state index in [9.17, 15) is 19.7 Å². The molecule has 0 saturated heterocycles. The molecule has 0 aliphatic heterocycles. The number of nitro groups is 1. The summed E-state index contributed by atoms with van der Waals surface area (Å²) in [5.74, 6) is -1.24. The number of anilines is 1. The SMILES string of the molecule is C[C@H](c1nc2ccccc2s1)N(C)C(=O)COC(=O)c1ccc([N+](=O)[O-])cc1N. The van der Waals surface area contributed by atoms with Gasteiger partial charge in [-0.1, -0.05) is 12.1 Å². The number of para-hydroxylation sites is 1. The molecule has 0 bridgehead atoms. The van der Waals surface area contributed by atoms with Gasteiger partial charge in [-0.2, -0.15) is 0 Å². The van der Waals surface area contributed by atoms with Gasteiger partial charge in [-0.05, 0) is 25.1 Å². The van der Waals surface area contributed by atoms with Crippen LogP contribution in [0.25, 0.3) is 10.2 Å². The first-order valence-electron chi connectivity index (χ1n) is 8.60. The zero-order chi connectivity index (χ0) is 21.1. The molecule has 10 heteroatoms. The molecule has 1 aromatic heterocycles. The third-order valence-electron chi connectivity index (χ3n) is 4.43. The lowest BCUT2D eigenvalue weighted by atomic mass is 10.1. The van der Waals surface area contributed by atoms with Crippen LogP contribution in [0.1, 0.15) is 28.3 Å². The van der Waals surface area contributed by atoms with Gasteiger partial charge < -0.3 is 15.4 Å². The van der Waals surface area contributed by atoms with E-state index in [1.165, 1.54) is 22.3 Å². The second kappa shape index (κ2) is 8.23. The van der Waals surface area contributed by atoms with Crippen LogP contribution in [0.4, 0.5) is 11.4 Å². The Balaban J connectivity index is 1.63. The third-order valence-corrected chi connectivity index (χ3v) is 5.64. The molecule has 150 valence electrons. The Hall–Kier alpha value is -3.53. The van der Waals surface area contributed by atoms with Crippen molar-refractivity contribution >= 4 is 44.8 Å². The van der Waals surface area contributed by atoms with Gasteiger partial charge in [0.2, 0.25) is 0 Å². The topological polar surface area (TPSA) is 129 Å². The number of hydrogen-bond acceptors (Lipinski definition) is 8. The molecule has 0 spiro atoms. The summed E-state index contributed by atoms with van der Waals surface area (Å²) >= 11 is 1.49. The zero-order valence-electron chi connectivity index (χ0n) is 15.7. The summed E-state index contributed by atoms with van der Waals surface area (Å²) < 4.78 is 6.06. The highest BCUT2D eigenvalue weighted by Gasteiger charge is 2.23. The summed E-state index contributed by atoms with van der Waals surface area (Å²) in [6, 6.07) is 10.8. The number of nitrogen functional groups attached to an aromatic ring is 1. The number of carbonyl (C=O) groups excluding carboxylic acids is 2. The molecule has 1 heterocycles. The first-order valence-corrected chi connectivity index (χ1v) is 9.41. The highest BCUT2D eigenvalue weighted by atomic mass is 32.1. The number of thiazole rings is 1. The molecule has 9 nitrogen and oxygen atoms in total. The van der Waals surface area contributed by atoms with Crippen molar-refractivity contribution in [1.29, 1.82) is 0 Å². The number of benzene rings is 2. The molecule has 1 amide bonds. The molecule has 0 unspecified atom stereocenters. The van der Waals surface area contributed by atoms with Crippen LogP contribution in [0.15, 0.2) is 42.5 Å². The van der Waals surface area contributed by atoms with Crippen molar-refractivity contribution in [1.82, 2.24) is 9.88 Å². The Bertz CT molecular complexity index is 1060. The summed E-state index contributed by atoms with van der Waals surface area (Å²) in [5.41, 5.74) is 6.18. The Morgan fingerprint density at radius 1 is 1.31 bits per heavy atom. The lowest BCUT2D eigenvalue weighted by Crippen LogP contribution is -2.33. The molecule has 0 radical (unpaired) electrons. The fourth-order valence-corrected chi connectivity index (χ4v) is 3.67. The van der Waals surface area contributed by atoms with Gasteiger partial charge in [0.15, 0.2) is 6.61 Å². The number of nitro benzene ring substituents is 1. The molecule has 0 aliphatic carbocycles. The van der Waals surface area contributed by atoms with Crippen molar-refractivity contribution in [2.45, 2.75) is 13.0 Å². The smallest absolute Gasteiger partial charge is 0.340 e. The number of rotatable bonds is 6. The molecule has 0 saturated carbocycles. The number of carbonyl (C=O) groups is 2. The summed E-state index contributed by atoms with van der Waals surface area (Å²) in [5, 5.41) is 11.5. The van der Waals surface area contributed by atoms with E-state index in [-0.39, 0.29) is 23.0 Å². The van der Waals surface area contributed by atoms with E-state index in [1.54, 1.807) is 7.05 Å². The summed E-state index contributed by atoms with van der Waals surface area (Å²) in [4.78, 5) is 40.7. The molecule has 2 aromatic carbocycles. The molecule has 1 atom stereocenters. The Morgan fingerprint density at radius 3 is 2.69 bits per heavy atom. The van der Waals surface area contributed by atoms with Gasteiger partial charge in [-0.3, -0.25) is 14.9 Å². The number of likely N-dealkylation sites (N-methyl/N-ethyl adjacent to an activating group) is 1. The van der Waals surface area contributed by atoms with E-state index in [0.29, 0.717) is 0 Å². The van der Waals surface area contributed by atoms with E-state index in [1.807, 2.05) is 31.2 Å². The molecule has 29 heavy (non-hydrogen) atoms. The maximum atomic E-state index is 12.4. The number of nitrogens with zero attached hydrogens (tertiary/aromatic N) is 3. The van der Waals surface area contributed by atoms with Gasteiger partial charge in [0.1, 0.15) is 5.01 Å². The predicted molar refractivity (Wildman–Crippen MR) is 109 cm³/mol. The average Bonchev–Trinajstić information content (AvgIpc) is 3.14. The number of nitrogens with two attached hydrogens (primary N) is 1. The normalized spacial score (nSPS) is 11.8. The molecule has 2 N–H and O–H groups in total. The second-order valence-corrected chi connectivity index (χ2v) is 7.37. The summed E-state index contributed by atoms with van der Waals surface area (Å²) in [7, 11) is 1.60. The number of fused-ring (bicyclic) bond motifs is 1. The van der Waals surface area contributed by atoms with Gasteiger partial charge in [0.25, 0.3) is 11.6 Å². The fraction of sp³-hybridized carbons (Fsp3) is 0.211. The molecule has 3 aromatic rings. The zero-order valence-corrected chi connectivity index (χ0v) is 16.5. The largest absolute Gasteiger partial charge is 0.452 e. The minimum Gasteiger partial charge on any atom is -0.452 e. The van der Waals surface area contributed by atoms with Crippen LogP contribution in [-0.2, 0) is 9.53 Å². The third kappa shape index (κ3) is 4.32. The van der Waals surface area contributed by atoms with Crippen LogP contribution in [0.3, 0.4) is 0 Å². The molecular weight excluding hydrogens is 396 g/mol. The van der Waals surface area contributed by atoms with Crippen molar-refractivity contribution in [3.63, 3.8) is 0 Å². The van der Waals surface area contributed by atoms with Crippen LogP contribution in [-0.4, -0.2) is 40.3 Å². The molecule has 0 aliphatic rings. The van der Waals surface area contributed by atoms with E-state index < -0.39 is 23.4 Å². The number of aromatic nitrogens is 1. The van der Waals surface area contributed by atoms with E-state index in [4.69, 9.17) is 10.5 Å². The number of non-ortho nitro benzene ring substituents is 1. The lowest BCUT2D eigenvalue weighted by Gasteiger charge is -2.23. The molecular formula is C19H18N4O5S. The van der Waals surface area contributed by atoms with Gasteiger partial charge in [-0.25, -0.2) is 9.78 Å². The van der Waals surface area contributed by atoms with Gasteiger partial charge >= 0.3 is 5.97 Å². The number of amides is 1. The highest BCUT2D eigenvalue weighted by Crippen LogP contribution is 2.29. The minimum atomic E-state index is -0.827. The number of ether oxygens (including phenoxy) is 1. The van der Waals surface area contributed by atoms with Crippen LogP contribution in [0, 0.1) is 10.1 Å².